The highest BCUT2D eigenvalue weighted by Gasteiger charge is 2.34. The van der Waals surface area contributed by atoms with Crippen LogP contribution in [0, 0.1) is 30.9 Å². The molecule has 0 unspecified atom stereocenters. The number of ether oxygens (including phenoxy) is 2. The van der Waals surface area contributed by atoms with E-state index >= 15 is 0 Å². The number of para-hydroxylation sites is 1. The predicted octanol–water partition coefficient (Wildman–Crippen LogP) is 4.67. The summed E-state index contributed by atoms with van der Waals surface area (Å²) in [5, 5.41) is 15.7. The lowest BCUT2D eigenvalue weighted by Crippen LogP contribution is -2.40. The molecule has 4 rings (SSSR count). The standard InChI is InChI=1S/C30H31N5O7S/c1-20-10-12-24(13-11-20)34-21(2)16-23(22(34)3)18-31-32-30(36)19-33(26-15-14-25(41-4)17-28(26)42-5)43(39,40)29-9-7-6-8-27(29)35(37)38/h6-18H,19H2,1-5H3,(H,32,36)/b31-18+. The fraction of sp³-hybridized carbons (Fsp3) is 0.200. The number of aromatic nitrogens is 1. The number of rotatable bonds is 11. The van der Waals surface area contributed by atoms with Crippen molar-refractivity contribution in [1.29, 1.82) is 0 Å². The molecule has 0 fully saturated rings. The van der Waals surface area contributed by atoms with E-state index in [1.807, 2.05) is 51.1 Å². The van der Waals surface area contributed by atoms with E-state index < -0.39 is 38.0 Å². The minimum Gasteiger partial charge on any atom is -0.497 e. The summed E-state index contributed by atoms with van der Waals surface area (Å²) in [7, 11) is -1.89. The number of benzene rings is 3. The molecular formula is C30H31N5O7S. The summed E-state index contributed by atoms with van der Waals surface area (Å²) < 4.78 is 41.1. The van der Waals surface area contributed by atoms with Crippen LogP contribution in [0.2, 0.25) is 0 Å². The largest absolute Gasteiger partial charge is 0.497 e. The van der Waals surface area contributed by atoms with Crippen molar-refractivity contribution in [2.24, 2.45) is 5.10 Å². The van der Waals surface area contributed by atoms with Gasteiger partial charge in [0.1, 0.15) is 18.0 Å². The quantitative estimate of drug-likeness (QED) is 0.149. The third-order valence-electron chi connectivity index (χ3n) is 6.73. The lowest BCUT2D eigenvalue weighted by atomic mass is 10.2. The molecule has 0 radical (unpaired) electrons. The fourth-order valence-corrected chi connectivity index (χ4v) is 6.18. The van der Waals surface area contributed by atoms with Gasteiger partial charge in [-0.05, 0) is 57.2 Å². The average Bonchev–Trinajstić information content (AvgIpc) is 3.28. The van der Waals surface area contributed by atoms with Crippen LogP contribution < -0.4 is 19.2 Å². The first-order valence-corrected chi connectivity index (χ1v) is 14.5. The Balaban J connectivity index is 1.65. The van der Waals surface area contributed by atoms with Gasteiger partial charge >= 0.3 is 0 Å². The summed E-state index contributed by atoms with van der Waals surface area (Å²) in [5.74, 6) is -0.342. The van der Waals surface area contributed by atoms with Gasteiger partial charge in [-0.25, -0.2) is 13.8 Å². The van der Waals surface area contributed by atoms with Crippen LogP contribution in [0.4, 0.5) is 11.4 Å². The van der Waals surface area contributed by atoms with Gasteiger partial charge in [0.2, 0.25) is 0 Å². The molecule has 0 spiro atoms. The summed E-state index contributed by atoms with van der Waals surface area (Å²) >= 11 is 0. The summed E-state index contributed by atoms with van der Waals surface area (Å²) in [6.07, 6.45) is 1.47. The maximum Gasteiger partial charge on any atom is 0.289 e. The highest BCUT2D eigenvalue weighted by Crippen LogP contribution is 2.37. The van der Waals surface area contributed by atoms with Gasteiger partial charge in [0.15, 0.2) is 4.90 Å². The number of hydrazone groups is 1. The molecular weight excluding hydrogens is 574 g/mol. The lowest BCUT2D eigenvalue weighted by Gasteiger charge is -2.25. The number of methoxy groups -OCH3 is 2. The number of amides is 1. The topological polar surface area (TPSA) is 145 Å². The van der Waals surface area contributed by atoms with E-state index in [-0.39, 0.29) is 11.4 Å². The molecule has 0 saturated carbocycles. The zero-order valence-corrected chi connectivity index (χ0v) is 25.1. The second-order valence-electron chi connectivity index (χ2n) is 9.56. The third kappa shape index (κ3) is 6.51. The first kappa shape index (κ1) is 30.8. The van der Waals surface area contributed by atoms with E-state index in [9.17, 15) is 23.3 Å². The van der Waals surface area contributed by atoms with Gasteiger partial charge < -0.3 is 14.0 Å². The van der Waals surface area contributed by atoms with Crippen LogP contribution in [0.5, 0.6) is 11.5 Å². The molecule has 1 N–H and O–H groups in total. The van der Waals surface area contributed by atoms with Crippen LogP contribution in [0.15, 0.2) is 82.8 Å². The SMILES string of the molecule is COc1ccc(N(CC(=O)N/N=C/c2cc(C)n(-c3ccc(C)cc3)c2C)S(=O)(=O)c2ccccc2[N+](=O)[O-])c(OC)c1. The number of nitrogens with zero attached hydrogens (tertiary/aromatic N) is 4. The number of carbonyl (C=O) groups is 1. The number of nitro groups is 1. The van der Waals surface area contributed by atoms with Gasteiger partial charge in [0.25, 0.3) is 21.6 Å². The first-order chi connectivity index (χ1) is 20.5. The van der Waals surface area contributed by atoms with Crippen molar-refractivity contribution >= 4 is 33.5 Å². The molecule has 1 amide bonds. The second-order valence-corrected chi connectivity index (χ2v) is 11.4. The monoisotopic (exact) mass is 605 g/mol. The lowest BCUT2D eigenvalue weighted by molar-refractivity contribution is -0.387. The van der Waals surface area contributed by atoms with E-state index in [1.165, 1.54) is 50.8 Å². The summed E-state index contributed by atoms with van der Waals surface area (Å²) in [5.41, 5.74) is 6.43. The Labute approximate surface area is 249 Å². The zero-order chi connectivity index (χ0) is 31.3. The summed E-state index contributed by atoms with van der Waals surface area (Å²) in [6, 6.07) is 19.2. The van der Waals surface area contributed by atoms with Crippen molar-refractivity contribution in [2.45, 2.75) is 25.7 Å². The van der Waals surface area contributed by atoms with Crippen molar-refractivity contribution in [2.75, 3.05) is 25.1 Å². The molecule has 3 aromatic carbocycles. The number of nitrogens with one attached hydrogen (secondary N) is 1. The molecule has 0 aliphatic rings. The number of hydrogen-bond acceptors (Lipinski definition) is 8. The number of hydrogen-bond donors (Lipinski definition) is 1. The van der Waals surface area contributed by atoms with Crippen LogP contribution >= 0.6 is 0 Å². The molecule has 224 valence electrons. The number of sulfonamides is 1. The van der Waals surface area contributed by atoms with Crippen molar-refractivity contribution in [3.8, 4) is 17.2 Å². The smallest absolute Gasteiger partial charge is 0.289 e. The molecule has 12 nitrogen and oxygen atoms in total. The Morgan fingerprint density at radius 1 is 1.02 bits per heavy atom. The van der Waals surface area contributed by atoms with E-state index in [4.69, 9.17) is 9.47 Å². The van der Waals surface area contributed by atoms with E-state index in [0.717, 1.165) is 44.6 Å². The zero-order valence-electron chi connectivity index (χ0n) is 24.3. The number of nitro benzene ring substituents is 1. The second kappa shape index (κ2) is 12.8. The molecule has 0 saturated heterocycles. The van der Waals surface area contributed by atoms with Crippen molar-refractivity contribution in [1.82, 2.24) is 9.99 Å². The highest BCUT2D eigenvalue weighted by atomic mass is 32.2. The van der Waals surface area contributed by atoms with Crippen molar-refractivity contribution in [3.63, 3.8) is 0 Å². The van der Waals surface area contributed by atoms with Crippen LogP contribution in [0.3, 0.4) is 0 Å². The number of anilines is 1. The Morgan fingerprint density at radius 2 is 1.72 bits per heavy atom. The molecule has 0 bridgehead atoms. The van der Waals surface area contributed by atoms with Gasteiger partial charge in [-0.15, -0.1) is 0 Å². The van der Waals surface area contributed by atoms with Gasteiger partial charge in [0.05, 0.1) is 31.0 Å². The molecule has 0 atom stereocenters. The Hall–Kier alpha value is -5.17. The first-order valence-electron chi connectivity index (χ1n) is 13.0. The molecule has 13 heteroatoms. The van der Waals surface area contributed by atoms with Gasteiger partial charge in [0, 0.05) is 34.8 Å². The van der Waals surface area contributed by atoms with Gasteiger partial charge in [-0.3, -0.25) is 19.2 Å². The minimum absolute atomic E-state index is 0.0257. The van der Waals surface area contributed by atoms with E-state index in [0.29, 0.717) is 5.75 Å². The van der Waals surface area contributed by atoms with Crippen LogP contribution in [0.25, 0.3) is 5.69 Å². The fourth-order valence-electron chi connectivity index (χ4n) is 4.58. The molecule has 4 aromatic rings. The number of aryl methyl sites for hydroxylation is 2. The molecule has 0 aliphatic carbocycles. The summed E-state index contributed by atoms with van der Waals surface area (Å²) in [4.78, 5) is 23.4. The van der Waals surface area contributed by atoms with Crippen LogP contribution in [-0.4, -0.2) is 50.8 Å². The number of carbonyl (C=O) groups excluding carboxylic acids is 1. The van der Waals surface area contributed by atoms with Crippen LogP contribution in [0.1, 0.15) is 22.5 Å². The third-order valence-corrected chi connectivity index (χ3v) is 8.54. The van der Waals surface area contributed by atoms with Crippen molar-refractivity contribution < 1.29 is 27.6 Å². The van der Waals surface area contributed by atoms with E-state index in [1.54, 1.807) is 0 Å². The molecule has 1 heterocycles. The average molecular weight is 606 g/mol. The van der Waals surface area contributed by atoms with Crippen molar-refractivity contribution in [3.05, 3.63) is 105 Å². The Kier molecular flexibility index (Phi) is 9.15. The molecule has 1 aromatic heterocycles. The minimum atomic E-state index is -4.64. The Morgan fingerprint density at radius 3 is 2.37 bits per heavy atom. The maximum absolute atomic E-state index is 13.9. The predicted molar refractivity (Wildman–Crippen MR) is 163 cm³/mol. The molecule has 43 heavy (non-hydrogen) atoms. The highest BCUT2D eigenvalue weighted by molar-refractivity contribution is 7.93. The van der Waals surface area contributed by atoms with Gasteiger partial charge in [-0.2, -0.15) is 5.10 Å². The molecule has 0 aliphatic heterocycles. The van der Waals surface area contributed by atoms with Gasteiger partial charge in [-0.1, -0.05) is 29.8 Å². The normalized spacial score (nSPS) is 11.4. The van der Waals surface area contributed by atoms with E-state index in [2.05, 4.69) is 15.1 Å². The Bertz CT molecular complexity index is 1800. The summed E-state index contributed by atoms with van der Waals surface area (Å²) in [6.45, 7) is 5.14. The van der Waals surface area contributed by atoms with Crippen LogP contribution in [-0.2, 0) is 14.8 Å². The maximum atomic E-state index is 13.9.